The number of imidazole rings is 1. The summed E-state index contributed by atoms with van der Waals surface area (Å²) < 4.78 is 7.32. The van der Waals surface area contributed by atoms with Crippen LogP contribution in [0, 0.1) is 0 Å². The zero-order valence-corrected chi connectivity index (χ0v) is 19.0. The molecule has 4 rings (SSSR count). The molecule has 1 fully saturated rings. The highest BCUT2D eigenvalue weighted by Crippen LogP contribution is 2.23. The zero-order chi connectivity index (χ0) is 22.5. The van der Waals surface area contributed by atoms with E-state index in [1.165, 1.54) is 18.0 Å². The summed E-state index contributed by atoms with van der Waals surface area (Å²) in [5.41, 5.74) is 2.27. The van der Waals surface area contributed by atoms with E-state index in [0.717, 1.165) is 24.5 Å². The van der Waals surface area contributed by atoms with E-state index < -0.39 is 12.1 Å². The first-order valence-electron chi connectivity index (χ1n) is 10.6. The van der Waals surface area contributed by atoms with E-state index in [4.69, 9.17) is 4.74 Å². The highest BCUT2D eigenvalue weighted by atomic mass is 32.2. The summed E-state index contributed by atoms with van der Waals surface area (Å²) in [6.07, 6.45) is 2.53. The first-order chi connectivity index (χ1) is 15.6. The zero-order valence-electron chi connectivity index (χ0n) is 18.2. The number of aromatic nitrogens is 2. The molecule has 32 heavy (non-hydrogen) atoms. The van der Waals surface area contributed by atoms with Crippen LogP contribution in [0.4, 0.5) is 5.69 Å². The highest BCUT2D eigenvalue weighted by molar-refractivity contribution is 7.98. The van der Waals surface area contributed by atoms with Gasteiger partial charge in [0, 0.05) is 37.6 Å². The molecule has 0 aliphatic carbocycles. The van der Waals surface area contributed by atoms with Crippen LogP contribution in [0.15, 0.2) is 72.0 Å². The standard InChI is InChI=1S/C24H26N4O3S/c1-18(22(29)27-15-13-26(14-16-27)19-9-5-3-6-10-19)31-23(30)21-17-25-24(32-2)28(21)20-11-7-4-8-12-20/h3-12,17-18H,13-16H2,1-2H3. The van der Waals surface area contributed by atoms with E-state index in [1.807, 2.05) is 54.8 Å². The number of anilines is 1. The van der Waals surface area contributed by atoms with Crippen LogP contribution in [0.5, 0.6) is 0 Å². The molecule has 2 aromatic carbocycles. The van der Waals surface area contributed by atoms with E-state index in [9.17, 15) is 9.59 Å². The van der Waals surface area contributed by atoms with Crippen LogP contribution < -0.4 is 4.90 Å². The van der Waals surface area contributed by atoms with Gasteiger partial charge in [0.15, 0.2) is 17.0 Å². The lowest BCUT2D eigenvalue weighted by Gasteiger charge is -2.37. The molecule has 1 amide bonds. The van der Waals surface area contributed by atoms with Gasteiger partial charge in [-0.15, -0.1) is 0 Å². The fraction of sp³-hybridized carbons (Fsp3) is 0.292. The Bertz CT molecular complexity index is 1060. The van der Waals surface area contributed by atoms with Crippen LogP contribution in [0.3, 0.4) is 0 Å². The molecular weight excluding hydrogens is 424 g/mol. The number of carbonyl (C=O) groups is 2. The number of hydrogen-bond donors (Lipinski definition) is 0. The maximum atomic E-state index is 12.9. The summed E-state index contributed by atoms with van der Waals surface area (Å²) in [7, 11) is 0. The van der Waals surface area contributed by atoms with Crippen molar-refractivity contribution in [1.29, 1.82) is 0 Å². The SMILES string of the molecule is CSc1ncc(C(=O)OC(C)C(=O)N2CCN(c3ccccc3)CC2)n1-c1ccccc1. The predicted octanol–water partition coefficient (Wildman–Crippen LogP) is 3.49. The van der Waals surface area contributed by atoms with Crippen molar-refractivity contribution in [3.8, 4) is 5.69 Å². The predicted molar refractivity (Wildman–Crippen MR) is 125 cm³/mol. The summed E-state index contributed by atoms with van der Waals surface area (Å²) in [6, 6.07) is 19.7. The quantitative estimate of drug-likeness (QED) is 0.423. The minimum Gasteiger partial charge on any atom is -0.448 e. The molecule has 3 aromatic rings. The Morgan fingerprint density at radius 1 is 0.938 bits per heavy atom. The number of thioether (sulfide) groups is 1. The number of para-hydroxylation sites is 2. The molecule has 0 bridgehead atoms. The van der Waals surface area contributed by atoms with Gasteiger partial charge in [0.2, 0.25) is 0 Å². The Balaban J connectivity index is 1.40. The fourth-order valence-corrected chi connectivity index (χ4v) is 4.35. The molecule has 0 spiro atoms. The van der Waals surface area contributed by atoms with Crippen molar-refractivity contribution < 1.29 is 14.3 Å². The number of carbonyl (C=O) groups excluding carboxylic acids is 2. The molecular formula is C24H26N4O3S. The third-order valence-electron chi connectivity index (χ3n) is 5.48. The normalized spacial score (nSPS) is 14.8. The van der Waals surface area contributed by atoms with E-state index in [-0.39, 0.29) is 5.91 Å². The number of esters is 1. The second-order valence-electron chi connectivity index (χ2n) is 7.50. The number of amides is 1. The average molecular weight is 451 g/mol. The Hall–Kier alpha value is -3.26. The Labute approximate surface area is 192 Å². The van der Waals surface area contributed by atoms with Crippen molar-refractivity contribution in [3.63, 3.8) is 0 Å². The second-order valence-corrected chi connectivity index (χ2v) is 8.27. The first-order valence-corrected chi connectivity index (χ1v) is 11.8. The van der Waals surface area contributed by atoms with Crippen molar-refractivity contribution in [2.24, 2.45) is 0 Å². The Kier molecular flexibility index (Phi) is 6.80. The van der Waals surface area contributed by atoms with Gasteiger partial charge in [-0.2, -0.15) is 0 Å². The average Bonchev–Trinajstić information content (AvgIpc) is 3.29. The first kappa shape index (κ1) is 22.0. The molecule has 166 valence electrons. The third-order valence-corrected chi connectivity index (χ3v) is 6.13. The van der Waals surface area contributed by atoms with E-state index in [0.29, 0.717) is 23.9 Å². The molecule has 0 saturated carbocycles. The Morgan fingerprint density at radius 2 is 1.53 bits per heavy atom. The third kappa shape index (κ3) is 4.65. The van der Waals surface area contributed by atoms with Crippen LogP contribution >= 0.6 is 11.8 Å². The number of hydrogen-bond acceptors (Lipinski definition) is 6. The monoisotopic (exact) mass is 450 g/mol. The molecule has 8 heteroatoms. The van der Waals surface area contributed by atoms with Crippen molar-refractivity contribution in [3.05, 3.63) is 72.6 Å². The Morgan fingerprint density at radius 3 is 2.12 bits per heavy atom. The van der Waals surface area contributed by atoms with Crippen LogP contribution in [0.25, 0.3) is 5.69 Å². The van der Waals surface area contributed by atoms with Crippen molar-refractivity contribution in [1.82, 2.24) is 14.5 Å². The fourth-order valence-electron chi connectivity index (χ4n) is 3.80. The number of ether oxygens (including phenoxy) is 1. The van der Waals surface area contributed by atoms with Crippen LogP contribution in [-0.4, -0.2) is 64.9 Å². The number of rotatable bonds is 6. The van der Waals surface area contributed by atoms with Gasteiger partial charge in [-0.25, -0.2) is 9.78 Å². The molecule has 1 aromatic heterocycles. The summed E-state index contributed by atoms with van der Waals surface area (Å²) in [5, 5.41) is 0.680. The maximum Gasteiger partial charge on any atom is 0.357 e. The topological polar surface area (TPSA) is 67.7 Å². The molecule has 1 saturated heterocycles. The number of piperazine rings is 1. The van der Waals surface area contributed by atoms with E-state index >= 15 is 0 Å². The van der Waals surface area contributed by atoms with Crippen LogP contribution in [0.1, 0.15) is 17.4 Å². The summed E-state index contributed by atoms with van der Waals surface area (Å²) >= 11 is 1.44. The van der Waals surface area contributed by atoms with Crippen LogP contribution in [0.2, 0.25) is 0 Å². The smallest absolute Gasteiger partial charge is 0.357 e. The van der Waals surface area contributed by atoms with Crippen molar-refractivity contribution in [2.45, 2.75) is 18.2 Å². The lowest BCUT2D eigenvalue weighted by atomic mass is 10.2. The van der Waals surface area contributed by atoms with Crippen molar-refractivity contribution >= 4 is 29.3 Å². The number of benzene rings is 2. The minimum atomic E-state index is -0.873. The van der Waals surface area contributed by atoms with Gasteiger partial charge in [-0.3, -0.25) is 9.36 Å². The van der Waals surface area contributed by atoms with Gasteiger partial charge in [0.1, 0.15) is 0 Å². The summed E-state index contributed by atoms with van der Waals surface area (Å²) in [6.45, 7) is 4.30. The van der Waals surface area contributed by atoms with Gasteiger partial charge in [0.25, 0.3) is 5.91 Å². The van der Waals surface area contributed by atoms with Gasteiger partial charge >= 0.3 is 5.97 Å². The maximum absolute atomic E-state index is 12.9. The molecule has 2 heterocycles. The largest absolute Gasteiger partial charge is 0.448 e. The molecule has 0 N–H and O–H groups in total. The lowest BCUT2D eigenvalue weighted by molar-refractivity contribution is -0.140. The van der Waals surface area contributed by atoms with Gasteiger partial charge < -0.3 is 14.5 Å². The molecule has 1 aliphatic heterocycles. The van der Waals surface area contributed by atoms with Crippen LogP contribution in [-0.2, 0) is 9.53 Å². The highest BCUT2D eigenvalue weighted by Gasteiger charge is 2.29. The van der Waals surface area contributed by atoms with E-state index in [2.05, 4.69) is 22.0 Å². The molecule has 1 unspecified atom stereocenters. The summed E-state index contributed by atoms with van der Waals surface area (Å²) in [5.74, 6) is -0.743. The van der Waals surface area contributed by atoms with Crippen molar-refractivity contribution in [2.75, 3.05) is 37.3 Å². The molecule has 7 nitrogen and oxygen atoms in total. The molecule has 0 radical (unpaired) electrons. The minimum absolute atomic E-state index is 0.179. The summed E-state index contributed by atoms with van der Waals surface area (Å²) in [4.78, 5) is 34.2. The molecule has 1 atom stereocenters. The van der Waals surface area contributed by atoms with Gasteiger partial charge in [0.05, 0.1) is 6.20 Å². The lowest BCUT2D eigenvalue weighted by Crippen LogP contribution is -2.51. The number of nitrogens with zero attached hydrogens (tertiary/aromatic N) is 4. The van der Waals surface area contributed by atoms with Gasteiger partial charge in [-0.1, -0.05) is 48.2 Å². The van der Waals surface area contributed by atoms with E-state index in [1.54, 1.807) is 16.4 Å². The van der Waals surface area contributed by atoms with Gasteiger partial charge in [-0.05, 0) is 37.4 Å². The molecule has 1 aliphatic rings. The second kappa shape index (κ2) is 9.91.